The molecule has 0 aliphatic rings. The molecule has 32 heavy (non-hydrogen) atoms. The number of aromatic hydroxyl groups is 1. The first-order chi connectivity index (χ1) is 15.7. The summed E-state index contributed by atoms with van der Waals surface area (Å²) in [4.78, 5) is 16.4. The van der Waals surface area contributed by atoms with E-state index < -0.39 is 0 Å². The van der Waals surface area contributed by atoms with E-state index in [0.29, 0.717) is 5.65 Å². The SMILES string of the molecule is Oc1cncc(-c2cnc3n[nH]c(-c4cc5c(-c6ccc(F)cc6)nccc5[nH]4)c3c2)c1. The van der Waals surface area contributed by atoms with E-state index in [9.17, 15) is 9.50 Å². The Morgan fingerprint density at radius 1 is 0.812 bits per heavy atom. The van der Waals surface area contributed by atoms with Crippen LogP contribution in [-0.4, -0.2) is 35.2 Å². The second-order valence-corrected chi connectivity index (χ2v) is 7.44. The first-order valence-corrected chi connectivity index (χ1v) is 9.88. The Morgan fingerprint density at radius 2 is 1.66 bits per heavy atom. The zero-order valence-corrected chi connectivity index (χ0v) is 16.5. The fraction of sp³-hybridized carbons (Fsp3) is 0. The molecule has 0 aliphatic heterocycles. The number of nitrogens with zero attached hydrogens (tertiary/aromatic N) is 4. The lowest BCUT2D eigenvalue weighted by atomic mass is 10.1. The van der Waals surface area contributed by atoms with Crippen molar-refractivity contribution in [1.82, 2.24) is 30.1 Å². The van der Waals surface area contributed by atoms with E-state index in [1.807, 2.05) is 18.2 Å². The van der Waals surface area contributed by atoms with Crippen LogP contribution in [0.5, 0.6) is 5.75 Å². The van der Waals surface area contributed by atoms with Crippen molar-refractivity contribution in [3.05, 3.63) is 79.1 Å². The summed E-state index contributed by atoms with van der Waals surface area (Å²) >= 11 is 0. The molecule has 0 unspecified atom stereocenters. The van der Waals surface area contributed by atoms with Crippen LogP contribution in [0.4, 0.5) is 4.39 Å². The molecule has 0 atom stereocenters. The number of rotatable bonds is 3. The van der Waals surface area contributed by atoms with Gasteiger partial charge in [0.25, 0.3) is 0 Å². The first-order valence-electron chi connectivity index (χ1n) is 9.88. The maximum Gasteiger partial charge on any atom is 0.181 e. The number of aromatic amines is 2. The average Bonchev–Trinajstić information content (AvgIpc) is 3.43. The monoisotopic (exact) mass is 422 g/mol. The highest BCUT2D eigenvalue weighted by molar-refractivity contribution is 5.99. The van der Waals surface area contributed by atoms with Gasteiger partial charge in [-0.05, 0) is 48.5 Å². The molecule has 1 aromatic carbocycles. The van der Waals surface area contributed by atoms with Gasteiger partial charge in [-0.2, -0.15) is 5.10 Å². The van der Waals surface area contributed by atoms with E-state index in [1.165, 1.54) is 18.3 Å². The predicted octanol–water partition coefficient (Wildman–Crippen LogP) is 5.07. The second-order valence-electron chi connectivity index (χ2n) is 7.44. The molecule has 8 heteroatoms. The summed E-state index contributed by atoms with van der Waals surface area (Å²) in [5.41, 5.74) is 6.25. The van der Waals surface area contributed by atoms with Crippen molar-refractivity contribution in [3.63, 3.8) is 0 Å². The minimum Gasteiger partial charge on any atom is -0.506 e. The van der Waals surface area contributed by atoms with Crippen LogP contribution in [0.3, 0.4) is 0 Å². The Labute approximate surface area is 180 Å². The number of aromatic nitrogens is 6. The third-order valence-corrected chi connectivity index (χ3v) is 5.40. The van der Waals surface area contributed by atoms with Gasteiger partial charge in [0.05, 0.1) is 23.3 Å². The third kappa shape index (κ3) is 2.97. The highest BCUT2D eigenvalue weighted by Gasteiger charge is 2.15. The molecule has 0 aliphatic carbocycles. The summed E-state index contributed by atoms with van der Waals surface area (Å²) < 4.78 is 13.4. The fourth-order valence-corrected chi connectivity index (χ4v) is 3.87. The Morgan fingerprint density at radius 3 is 2.50 bits per heavy atom. The van der Waals surface area contributed by atoms with Crippen LogP contribution in [0.2, 0.25) is 0 Å². The van der Waals surface area contributed by atoms with Crippen LogP contribution in [0.25, 0.3) is 55.7 Å². The van der Waals surface area contributed by atoms with Gasteiger partial charge in [0.15, 0.2) is 5.65 Å². The summed E-state index contributed by atoms with van der Waals surface area (Å²) in [6, 6.07) is 13.8. The Kier molecular flexibility index (Phi) is 3.97. The zero-order valence-electron chi connectivity index (χ0n) is 16.5. The molecular weight excluding hydrogens is 407 g/mol. The number of hydrogen-bond donors (Lipinski definition) is 3. The topological polar surface area (TPSA) is 103 Å². The minimum absolute atomic E-state index is 0.0893. The summed E-state index contributed by atoms with van der Waals surface area (Å²) in [5, 5.41) is 18.9. The average molecular weight is 422 g/mol. The molecule has 3 N–H and O–H groups in total. The van der Waals surface area contributed by atoms with Crippen molar-refractivity contribution in [2.45, 2.75) is 0 Å². The van der Waals surface area contributed by atoms with Gasteiger partial charge in [0.1, 0.15) is 11.6 Å². The van der Waals surface area contributed by atoms with Crippen molar-refractivity contribution in [1.29, 1.82) is 0 Å². The molecule has 0 spiro atoms. The highest BCUT2D eigenvalue weighted by Crippen LogP contribution is 2.34. The normalized spacial score (nSPS) is 11.4. The van der Waals surface area contributed by atoms with E-state index in [0.717, 1.165) is 50.1 Å². The number of nitrogens with one attached hydrogen (secondary N) is 2. The highest BCUT2D eigenvalue weighted by atomic mass is 19.1. The van der Waals surface area contributed by atoms with Gasteiger partial charge < -0.3 is 10.1 Å². The Hall–Kier alpha value is -4.59. The number of benzene rings is 1. The maximum absolute atomic E-state index is 13.4. The van der Waals surface area contributed by atoms with Gasteiger partial charge >= 0.3 is 0 Å². The molecule has 6 aromatic rings. The summed E-state index contributed by atoms with van der Waals surface area (Å²) in [5.74, 6) is -0.198. The minimum atomic E-state index is -0.287. The van der Waals surface area contributed by atoms with Crippen LogP contribution >= 0.6 is 0 Å². The van der Waals surface area contributed by atoms with E-state index in [2.05, 4.69) is 30.1 Å². The quantitative estimate of drug-likeness (QED) is 0.369. The lowest BCUT2D eigenvalue weighted by molar-refractivity contribution is 0.473. The molecule has 0 fully saturated rings. The van der Waals surface area contributed by atoms with Crippen molar-refractivity contribution < 1.29 is 9.50 Å². The van der Waals surface area contributed by atoms with Crippen LogP contribution in [0.15, 0.2) is 73.3 Å². The summed E-state index contributed by atoms with van der Waals surface area (Å²) in [6.45, 7) is 0. The number of hydrogen-bond acceptors (Lipinski definition) is 5. The Balaban J connectivity index is 1.50. The van der Waals surface area contributed by atoms with Crippen LogP contribution in [0, 0.1) is 5.82 Å². The molecule has 154 valence electrons. The van der Waals surface area contributed by atoms with Crippen molar-refractivity contribution in [2.75, 3.05) is 0 Å². The second kappa shape index (κ2) is 6.98. The molecule has 6 rings (SSSR count). The molecule has 5 aromatic heterocycles. The number of pyridine rings is 3. The number of fused-ring (bicyclic) bond motifs is 2. The maximum atomic E-state index is 13.4. The zero-order chi connectivity index (χ0) is 21.7. The molecule has 5 heterocycles. The van der Waals surface area contributed by atoms with Crippen LogP contribution in [0.1, 0.15) is 0 Å². The van der Waals surface area contributed by atoms with Crippen molar-refractivity contribution in [3.8, 4) is 39.5 Å². The number of H-pyrrole nitrogens is 2. The third-order valence-electron chi connectivity index (χ3n) is 5.40. The summed E-state index contributed by atoms with van der Waals surface area (Å²) in [7, 11) is 0. The van der Waals surface area contributed by atoms with E-state index in [1.54, 1.807) is 36.8 Å². The van der Waals surface area contributed by atoms with E-state index in [-0.39, 0.29) is 11.6 Å². The molecule has 7 nitrogen and oxygen atoms in total. The van der Waals surface area contributed by atoms with Gasteiger partial charge in [-0.3, -0.25) is 15.1 Å². The van der Waals surface area contributed by atoms with E-state index in [4.69, 9.17) is 0 Å². The molecule has 0 saturated carbocycles. The lowest BCUT2D eigenvalue weighted by Crippen LogP contribution is -1.84. The molecule has 0 radical (unpaired) electrons. The summed E-state index contributed by atoms with van der Waals surface area (Å²) in [6.07, 6.45) is 6.48. The van der Waals surface area contributed by atoms with Gasteiger partial charge in [-0.1, -0.05) is 0 Å². The largest absolute Gasteiger partial charge is 0.506 e. The molecule has 0 bridgehead atoms. The number of halogens is 1. The van der Waals surface area contributed by atoms with Gasteiger partial charge in [-0.15, -0.1) is 0 Å². The molecule has 0 amide bonds. The lowest BCUT2D eigenvalue weighted by Gasteiger charge is -2.02. The molecule has 0 saturated heterocycles. The molecular formula is C24H15FN6O. The van der Waals surface area contributed by atoms with Gasteiger partial charge in [0.2, 0.25) is 0 Å². The smallest absolute Gasteiger partial charge is 0.181 e. The predicted molar refractivity (Wildman–Crippen MR) is 119 cm³/mol. The Bertz CT molecular complexity index is 1600. The first kappa shape index (κ1) is 18.2. The van der Waals surface area contributed by atoms with Crippen LogP contribution < -0.4 is 0 Å². The van der Waals surface area contributed by atoms with Crippen molar-refractivity contribution in [2.24, 2.45) is 0 Å². The van der Waals surface area contributed by atoms with Crippen LogP contribution in [-0.2, 0) is 0 Å². The van der Waals surface area contributed by atoms with Crippen molar-refractivity contribution >= 4 is 21.9 Å². The fourth-order valence-electron chi connectivity index (χ4n) is 3.87. The standard InChI is InChI=1S/C24H15FN6O/c25-16-3-1-13(2-4-16)22-18-9-21(29-20(18)5-6-27-22)23-19-8-15(11-28-24(19)31-30-23)14-7-17(32)12-26-10-14/h1-12,29,32H,(H,28,30,31). The van der Waals surface area contributed by atoms with Gasteiger partial charge in [0, 0.05) is 51.6 Å². The van der Waals surface area contributed by atoms with E-state index >= 15 is 0 Å². The van der Waals surface area contributed by atoms with Gasteiger partial charge in [-0.25, -0.2) is 9.37 Å².